The van der Waals surface area contributed by atoms with Crippen LogP contribution >= 0.6 is 0 Å². The van der Waals surface area contributed by atoms with Gasteiger partial charge in [-0.1, -0.05) is 12.1 Å². The van der Waals surface area contributed by atoms with Gasteiger partial charge in [0.2, 0.25) is 0 Å². The molecule has 0 saturated carbocycles. The van der Waals surface area contributed by atoms with Gasteiger partial charge in [-0.05, 0) is 76.5 Å². The highest BCUT2D eigenvalue weighted by Gasteiger charge is 2.23. The first-order chi connectivity index (χ1) is 9.74. The Balaban J connectivity index is 1.85. The van der Waals surface area contributed by atoms with E-state index < -0.39 is 0 Å². The monoisotopic (exact) mass is 276 g/mol. The van der Waals surface area contributed by atoms with E-state index >= 15 is 0 Å². The Morgan fingerprint density at radius 1 is 1.25 bits per heavy atom. The number of hydrogen-bond donors (Lipinski definition) is 1. The number of methoxy groups -OCH3 is 1. The second kappa shape index (κ2) is 7.65. The minimum absolute atomic E-state index is 0.506. The lowest BCUT2D eigenvalue weighted by Crippen LogP contribution is -2.36. The topological polar surface area (TPSA) is 24.5 Å². The molecule has 0 spiro atoms. The summed E-state index contributed by atoms with van der Waals surface area (Å²) >= 11 is 0. The third-order valence-corrected chi connectivity index (χ3v) is 4.60. The highest BCUT2D eigenvalue weighted by molar-refractivity contribution is 5.28. The molecule has 1 aromatic carbocycles. The van der Waals surface area contributed by atoms with Crippen LogP contribution in [0.25, 0.3) is 0 Å². The van der Waals surface area contributed by atoms with Crippen molar-refractivity contribution in [2.24, 2.45) is 5.92 Å². The van der Waals surface area contributed by atoms with Crippen molar-refractivity contribution in [1.82, 2.24) is 10.2 Å². The van der Waals surface area contributed by atoms with Gasteiger partial charge in [0.25, 0.3) is 0 Å². The lowest BCUT2D eigenvalue weighted by atomic mass is 9.92. The summed E-state index contributed by atoms with van der Waals surface area (Å²) in [5, 5.41) is 3.26. The van der Waals surface area contributed by atoms with E-state index in [2.05, 4.69) is 41.4 Å². The Kier molecular flexibility index (Phi) is 5.86. The fraction of sp³-hybridized carbons (Fsp3) is 0.647. The van der Waals surface area contributed by atoms with Gasteiger partial charge in [0.1, 0.15) is 5.75 Å². The van der Waals surface area contributed by atoms with E-state index in [4.69, 9.17) is 4.74 Å². The van der Waals surface area contributed by atoms with Gasteiger partial charge in [-0.25, -0.2) is 0 Å². The number of likely N-dealkylation sites (tertiary alicyclic amines) is 1. The lowest BCUT2D eigenvalue weighted by Gasteiger charge is -2.36. The van der Waals surface area contributed by atoms with Crippen molar-refractivity contribution in [3.8, 4) is 5.75 Å². The van der Waals surface area contributed by atoms with E-state index in [-0.39, 0.29) is 0 Å². The SMILES string of the molecule is CNCCC1CCN(C(C)c2ccc(OC)cc2)CC1. The van der Waals surface area contributed by atoms with Crippen LogP contribution in [0.4, 0.5) is 0 Å². The molecule has 2 rings (SSSR count). The largest absolute Gasteiger partial charge is 0.497 e. The molecule has 0 bridgehead atoms. The fourth-order valence-corrected chi connectivity index (χ4v) is 3.07. The summed E-state index contributed by atoms with van der Waals surface area (Å²) in [7, 11) is 3.76. The number of nitrogens with one attached hydrogen (secondary N) is 1. The van der Waals surface area contributed by atoms with Crippen LogP contribution in [-0.4, -0.2) is 38.7 Å². The van der Waals surface area contributed by atoms with Crippen LogP contribution in [0.15, 0.2) is 24.3 Å². The zero-order valence-electron chi connectivity index (χ0n) is 13.1. The highest BCUT2D eigenvalue weighted by Crippen LogP contribution is 2.28. The summed E-state index contributed by atoms with van der Waals surface area (Å²) in [5.74, 6) is 1.84. The van der Waals surface area contributed by atoms with Crippen molar-refractivity contribution in [3.63, 3.8) is 0 Å². The maximum absolute atomic E-state index is 5.23. The Bertz CT molecular complexity index is 382. The van der Waals surface area contributed by atoms with E-state index in [0.29, 0.717) is 6.04 Å². The third-order valence-electron chi connectivity index (χ3n) is 4.60. The molecule has 0 aromatic heterocycles. The molecule has 1 heterocycles. The third kappa shape index (κ3) is 3.97. The molecule has 3 nitrogen and oxygen atoms in total. The molecule has 1 atom stereocenters. The van der Waals surface area contributed by atoms with Gasteiger partial charge in [0.15, 0.2) is 0 Å². The van der Waals surface area contributed by atoms with Crippen molar-refractivity contribution in [2.45, 2.75) is 32.2 Å². The zero-order valence-corrected chi connectivity index (χ0v) is 13.1. The quantitative estimate of drug-likeness (QED) is 0.864. The van der Waals surface area contributed by atoms with Crippen LogP contribution in [0.3, 0.4) is 0 Å². The first kappa shape index (κ1) is 15.3. The van der Waals surface area contributed by atoms with Crippen molar-refractivity contribution in [1.29, 1.82) is 0 Å². The molecular formula is C17H28N2O. The molecule has 1 aliphatic heterocycles. The molecule has 1 aliphatic rings. The summed E-state index contributed by atoms with van der Waals surface area (Å²) in [4.78, 5) is 2.61. The van der Waals surface area contributed by atoms with Crippen molar-refractivity contribution in [3.05, 3.63) is 29.8 Å². The van der Waals surface area contributed by atoms with Crippen molar-refractivity contribution >= 4 is 0 Å². The number of nitrogens with zero attached hydrogens (tertiary/aromatic N) is 1. The average Bonchev–Trinajstić information content (AvgIpc) is 2.53. The summed E-state index contributed by atoms with van der Waals surface area (Å²) < 4.78 is 5.23. The van der Waals surface area contributed by atoms with Crippen LogP contribution in [-0.2, 0) is 0 Å². The minimum Gasteiger partial charge on any atom is -0.497 e. The first-order valence-electron chi connectivity index (χ1n) is 7.77. The normalized spacial score (nSPS) is 18.9. The molecule has 1 aromatic rings. The number of benzene rings is 1. The Morgan fingerprint density at radius 2 is 1.90 bits per heavy atom. The highest BCUT2D eigenvalue weighted by atomic mass is 16.5. The predicted octanol–water partition coefficient (Wildman–Crippen LogP) is 3.08. The molecule has 0 radical (unpaired) electrons. The molecule has 1 fully saturated rings. The van der Waals surface area contributed by atoms with Gasteiger partial charge >= 0.3 is 0 Å². The average molecular weight is 276 g/mol. The van der Waals surface area contributed by atoms with Crippen LogP contribution in [0.5, 0.6) is 5.75 Å². The summed E-state index contributed by atoms with van der Waals surface area (Å²) in [6, 6.07) is 9.01. The fourth-order valence-electron chi connectivity index (χ4n) is 3.07. The minimum atomic E-state index is 0.506. The second-order valence-electron chi connectivity index (χ2n) is 5.82. The first-order valence-corrected chi connectivity index (χ1v) is 7.77. The summed E-state index contributed by atoms with van der Waals surface area (Å²) in [5.41, 5.74) is 1.39. The molecule has 20 heavy (non-hydrogen) atoms. The molecule has 1 saturated heterocycles. The predicted molar refractivity (Wildman–Crippen MR) is 84.2 cm³/mol. The van der Waals surface area contributed by atoms with E-state index in [0.717, 1.165) is 18.2 Å². The van der Waals surface area contributed by atoms with Gasteiger partial charge in [-0.15, -0.1) is 0 Å². The van der Waals surface area contributed by atoms with Crippen LogP contribution in [0.2, 0.25) is 0 Å². The van der Waals surface area contributed by atoms with Gasteiger partial charge in [-0.3, -0.25) is 4.90 Å². The van der Waals surface area contributed by atoms with Gasteiger partial charge in [-0.2, -0.15) is 0 Å². The molecular weight excluding hydrogens is 248 g/mol. The Hall–Kier alpha value is -1.06. The maximum atomic E-state index is 5.23. The molecule has 0 amide bonds. The standard InChI is InChI=1S/C17H28N2O/c1-14(16-4-6-17(20-3)7-5-16)19-12-9-15(10-13-19)8-11-18-2/h4-7,14-15,18H,8-13H2,1-3H3. The maximum Gasteiger partial charge on any atom is 0.118 e. The van der Waals surface area contributed by atoms with Crippen molar-refractivity contribution in [2.75, 3.05) is 33.8 Å². The zero-order chi connectivity index (χ0) is 14.4. The van der Waals surface area contributed by atoms with E-state index in [9.17, 15) is 0 Å². The summed E-state index contributed by atoms with van der Waals surface area (Å²) in [6.45, 7) is 5.91. The molecule has 112 valence electrons. The van der Waals surface area contributed by atoms with E-state index in [1.807, 2.05) is 7.05 Å². The molecule has 1 unspecified atom stereocenters. The van der Waals surface area contributed by atoms with Gasteiger partial charge < -0.3 is 10.1 Å². The Labute approximate surface area is 123 Å². The smallest absolute Gasteiger partial charge is 0.118 e. The molecule has 0 aliphatic carbocycles. The van der Waals surface area contributed by atoms with Crippen LogP contribution < -0.4 is 10.1 Å². The van der Waals surface area contributed by atoms with Crippen LogP contribution in [0, 0.1) is 5.92 Å². The van der Waals surface area contributed by atoms with Crippen LogP contribution in [0.1, 0.15) is 37.8 Å². The number of ether oxygens (including phenoxy) is 1. The number of rotatable bonds is 6. The van der Waals surface area contributed by atoms with E-state index in [1.165, 1.54) is 37.9 Å². The summed E-state index contributed by atoms with van der Waals surface area (Å²) in [6.07, 6.45) is 3.99. The second-order valence-corrected chi connectivity index (χ2v) is 5.82. The number of piperidine rings is 1. The molecule has 1 N–H and O–H groups in total. The van der Waals surface area contributed by atoms with E-state index in [1.54, 1.807) is 7.11 Å². The molecule has 3 heteroatoms. The Morgan fingerprint density at radius 3 is 2.45 bits per heavy atom. The van der Waals surface area contributed by atoms with Gasteiger partial charge in [0, 0.05) is 6.04 Å². The van der Waals surface area contributed by atoms with Crippen molar-refractivity contribution < 1.29 is 4.74 Å². The number of hydrogen-bond acceptors (Lipinski definition) is 3. The lowest BCUT2D eigenvalue weighted by molar-refractivity contribution is 0.137. The van der Waals surface area contributed by atoms with Gasteiger partial charge in [0.05, 0.1) is 7.11 Å².